The Morgan fingerprint density at radius 2 is 2.04 bits per heavy atom. The summed E-state index contributed by atoms with van der Waals surface area (Å²) in [6, 6.07) is 3.31. The molecular weight excluding hydrogens is 441 g/mol. The lowest BCUT2D eigenvalue weighted by atomic mass is 10.1. The van der Waals surface area contributed by atoms with E-state index < -0.39 is 23.4 Å². The Morgan fingerprint density at radius 1 is 1.32 bits per heavy atom. The molecule has 28 heavy (non-hydrogen) atoms. The molecule has 158 valence electrons. The summed E-state index contributed by atoms with van der Waals surface area (Å²) in [4.78, 5) is 14.0. The Balaban J connectivity index is 1.82. The van der Waals surface area contributed by atoms with Crippen molar-refractivity contribution >= 4 is 22.0 Å². The highest BCUT2D eigenvalue weighted by Crippen LogP contribution is 2.35. The van der Waals surface area contributed by atoms with Crippen molar-refractivity contribution < 1.29 is 27.4 Å². The highest BCUT2D eigenvalue weighted by atomic mass is 79.9. The number of alkyl halides is 3. The molecule has 0 spiro atoms. The first-order valence-electron chi connectivity index (χ1n) is 9.15. The normalized spacial score (nSPS) is 18.6. The van der Waals surface area contributed by atoms with E-state index in [-0.39, 0.29) is 18.4 Å². The summed E-state index contributed by atoms with van der Waals surface area (Å²) < 4.78 is 49.8. The van der Waals surface area contributed by atoms with Crippen LogP contribution in [-0.2, 0) is 10.9 Å². The van der Waals surface area contributed by atoms with Crippen molar-refractivity contribution in [3.05, 3.63) is 28.2 Å². The molecule has 1 aromatic rings. The van der Waals surface area contributed by atoms with Crippen LogP contribution >= 0.6 is 15.9 Å². The van der Waals surface area contributed by atoms with Gasteiger partial charge in [0.15, 0.2) is 0 Å². The van der Waals surface area contributed by atoms with Crippen LogP contribution in [0.25, 0.3) is 0 Å². The molecule has 0 unspecified atom stereocenters. The highest BCUT2D eigenvalue weighted by Gasteiger charge is 2.31. The first-order chi connectivity index (χ1) is 12.9. The zero-order valence-corrected chi connectivity index (χ0v) is 17.8. The molecule has 1 aromatic carbocycles. The molecule has 1 heterocycles. The second-order valence-corrected chi connectivity index (χ2v) is 8.63. The number of ether oxygens (including phenoxy) is 2. The molecule has 1 N–H and O–H groups in total. The summed E-state index contributed by atoms with van der Waals surface area (Å²) in [6.45, 7) is 7.72. The van der Waals surface area contributed by atoms with E-state index in [4.69, 9.17) is 9.47 Å². The third kappa shape index (κ3) is 7.50. The second kappa shape index (κ2) is 9.35. The molecule has 1 amide bonds. The number of carbonyl (C=O) groups excluding carboxylic acids is 1. The first kappa shape index (κ1) is 22.8. The zero-order chi connectivity index (χ0) is 20.9. The predicted molar refractivity (Wildman–Crippen MR) is 103 cm³/mol. The first-order valence-corrected chi connectivity index (χ1v) is 9.95. The Morgan fingerprint density at radius 3 is 2.68 bits per heavy atom. The van der Waals surface area contributed by atoms with Gasteiger partial charge in [0.05, 0.1) is 10.0 Å². The fourth-order valence-electron chi connectivity index (χ4n) is 2.93. The summed E-state index contributed by atoms with van der Waals surface area (Å²) in [5.41, 5.74) is -1.30. The van der Waals surface area contributed by atoms with E-state index in [1.54, 1.807) is 0 Å². The molecule has 1 saturated heterocycles. The molecule has 2 rings (SSSR count). The maximum absolute atomic E-state index is 12.8. The van der Waals surface area contributed by atoms with E-state index in [0.29, 0.717) is 17.6 Å². The minimum Gasteiger partial charge on any atom is -0.491 e. The molecule has 0 saturated carbocycles. The van der Waals surface area contributed by atoms with E-state index >= 15 is 0 Å². The summed E-state index contributed by atoms with van der Waals surface area (Å²) in [6.07, 6.45) is -3.08. The van der Waals surface area contributed by atoms with Gasteiger partial charge in [-0.05, 0) is 74.3 Å². The lowest BCUT2D eigenvalue weighted by Gasteiger charge is -2.33. The van der Waals surface area contributed by atoms with Crippen molar-refractivity contribution in [3.63, 3.8) is 0 Å². The van der Waals surface area contributed by atoms with Gasteiger partial charge in [-0.15, -0.1) is 0 Å². The largest absolute Gasteiger partial charge is 0.491 e. The SMILES string of the molecule is CC(C)(C)OC(=O)N[C@@H]1CCCN(CCOc2cc(C(F)(F)F)ccc2Br)C1. The van der Waals surface area contributed by atoms with Gasteiger partial charge in [0.25, 0.3) is 0 Å². The van der Waals surface area contributed by atoms with Gasteiger partial charge in [-0.3, -0.25) is 4.90 Å². The van der Waals surface area contributed by atoms with E-state index in [0.717, 1.165) is 31.5 Å². The van der Waals surface area contributed by atoms with Crippen LogP contribution in [-0.4, -0.2) is 48.9 Å². The van der Waals surface area contributed by atoms with E-state index in [9.17, 15) is 18.0 Å². The number of nitrogens with zero attached hydrogens (tertiary/aromatic N) is 1. The number of nitrogens with one attached hydrogen (secondary N) is 1. The molecule has 1 aliphatic rings. The van der Waals surface area contributed by atoms with Crippen LogP contribution in [0.2, 0.25) is 0 Å². The monoisotopic (exact) mass is 466 g/mol. The Labute approximate surface area is 171 Å². The van der Waals surface area contributed by atoms with Crippen molar-refractivity contribution in [1.29, 1.82) is 0 Å². The van der Waals surface area contributed by atoms with Crippen LogP contribution in [0.4, 0.5) is 18.0 Å². The molecule has 0 aromatic heterocycles. The van der Waals surface area contributed by atoms with E-state index in [1.807, 2.05) is 20.8 Å². The molecule has 1 fully saturated rings. The van der Waals surface area contributed by atoms with E-state index in [1.165, 1.54) is 6.07 Å². The molecule has 0 bridgehead atoms. The summed E-state index contributed by atoms with van der Waals surface area (Å²) in [5.74, 6) is 0.162. The predicted octanol–water partition coefficient (Wildman–Crippen LogP) is 4.84. The zero-order valence-electron chi connectivity index (χ0n) is 16.2. The Kier molecular flexibility index (Phi) is 7.61. The lowest BCUT2D eigenvalue weighted by molar-refractivity contribution is -0.137. The van der Waals surface area contributed by atoms with Crippen LogP contribution in [0.15, 0.2) is 22.7 Å². The third-order valence-corrected chi connectivity index (χ3v) is 4.81. The highest BCUT2D eigenvalue weighted by molar-refractivity contribution is 9.10. The molecule has 9 heteroatoms. The van der Waals surface area contributed by atoms with Crippen LogP contribution in [0.5, 0.6) is 5.75 Å². The fraction of sp³-hybridized carbons (Fsp3) is 0.632. The number of likely N-dealkylation sites (tertiary alicyclic amines) is 1. The topological polar surface area (TPSA) is 50.8 Å². The number of hydrogen-bond donors (Lipinski definition) is 1. The van der Waals surface area contributed by atoms with Gasteiger partial charge in [0, 0.05) is 19.1 Å². The average Bonchev–Trinajstić information content (AvgIpc) is 2.54. The number of piperidine rings is 1. The maximum Gasteiger partial charge on any atom is 0.416 e. The van der Waals surface area contributed by atoms with Gasteiger partial charge in [-0.2, -0.15) is 13.2 Å². The molecule has 1 aliphatic heterocycles. The van der Waals surface area contributed by atoms with Gasteiger partial charge < -0.3 is 14.8 Å². The van der Waals surface area contributed by atoms with Crippen molar-refractivity contribution in [3.8, 4) is 5.75 Å². The number of amides is 1. The number of hydrogen-bond acceptors (Lipinski definition) is 4. The minimum absolute atomic E-state index is 0.0242. The van der Waals surface area contributed by atoms with Crippen LogP contribution in [0.3, 0.4) is 0 Å². The van der Waals surface area contributed by atoms with Crippen LogP contribution in [0.1, 0.15) is 39.2 Å². The molecule has 0 radical (unpaired) electrons. The average molecular weight is 467 g/mol. The Bertz CT molecular complexity index is 677. The molecule has 1 atom stereocenters. The molecule has 0 aliphatic carbocycles. The number of halogens is 4. The quantitative estimate of drug-likeness (QED) is 0.674. The lowest BCUT2D eigenvalue weighted by Crippen LogP contribution is -2.49. The standard InChI is InChI=1S/C19H26BrF3N2O3/c1-18(2,3)28-17(26)24-14-5-4-8-25(12-14)9-10-27-16-11-13(19(21,22)23)6-7-15(16)20/h6-7,11,14H,4-5,8-10,12H2,1-3H3,(H,24,26)/t14-/m1/s1. The van der Waals surface area contributed by atoms with Crippen molar-refractivity contribution in [2.75, 3.05) is 26.2 Å². The van der Waals surface area contributed by atoms with Gasteiger partial charge >= 0.3 is 12.3 Å². The number of rotatable bonds is 5. The minimum atomic E-state index is -4.41. The smallest absolute Gasteiger partial charge is 0.416 e. The van der Waals surface area contributed by atoms with Crippen LogP contribution < -0.4 is 10.1 Å². The van der Waals surface area contributed by atoms with Gasteiger partial charge in [0.1, 0.15) is 18.0 Å². The van der Waals surface area contributed by atoms with Gasteiger partial charge in [-0.25, -0.2) is 4.79 Å². The maximum atomic E-state index is 12.8. The molecule has 5 nitrogen and oxygen atoms in total. The van der Waals surface area contributed by atoms with E-state index in [2.05, 4.69) is 26.1 Å². The third-order valence-electron chi connectivity index (χ3n) is 4.15. The number of benzene rings is 1. The molecular formula is C19H26BrF3N2O3. The number of alkyl carbamates (subject to hydrolysis) is 1. The van der Waals surface area contributed by atoms with Gasteiger partial charge in [-0.1, -0.05) is 0 Å². The van der Waals surface area contributed by atoms with Gasteiger partial charge in [0.2, 0.25) is 0 Å². The van der Waals surface area contributed by atoms with Crippen LogP contribution in [0, 0.1) is 0 Å². The Hall–Kier alpha value is -1.48. The van der Waals surface area contributed by atoms with Crippen molar-refractivity contribution in [2.45, 2.75) is 51.4 Å². The summed E-state index contributed by atoms with van der Waals surface area (Å²) >= 11 is 3.22. The second-order valence-electron chi connectivity index (χ2n) is 7.78. The summed E-state index contributed by atoms with van der Waals surface area (Å²) in [7, 11) is 0. The van der Waals surface area contributed by atoms with Crippen molar-refractivity contribution in [1.82, 2.24) is 10.2 Å². The van der Waals surface area contributed by atoms with Crippen molar-refractivity contribution in [2.24, 2.45) is 0 Å². The fourth-order valence-corrected chi connectivity index (χ4v) is 3.29. The summed E-state index contributed by atoms with van der Waals surface area (Å²) in [5, 5.41) is 2.87. The number of carbonyl (C=O) groups is 1.